The molecule has 1 fully saturated rings. The zero-order chi connectivity index (χ0) is 14.8. The maximum Gasteiger partial charge on any atom is 0.142 e. The lowest BCUT2D eigenvalue weighted by atomic mass is 9.99. The van der Waals surface area contributed by atoms with Crippen LogP contribution in [0.1, 0.15) is 35.1 Å². The third-order valence-electron chi connectivity index (χ3n) is 4.01. The highest BCUT2D eigenvalue weighted by atomic mass is 19.1. The van der Waals surface area contributed by atoms with Crippen molar-refractivity contribution in [3.05, 3.63) is 58.9 Å². The maximum atomic E-state index is 13.0. The monoisotopic (exact) mass is 285 g/mol. The molecule has 110 valence electrons. The summed E-state index contributed by atoms with van der Waals surface area (Å²) in [6.07, 6.45) is 1.11. The van der Waals surface area contributed by atoms with Gasteiger partial charge < -0.3 is 0 Å². The molecule has 0 aliphatic carbocycles. The molecule has 1 aliphatic rings. The lowest BCUT2D eigenvalue weighted by Crippen LogP contribution is -2.21. The Balaban J connectivity index is 1.65. The topological polar surface area (TPSA) is 29.0 Å². The first kappa shape index (κ1) is 14.1. The standard InChI is InChI=1S/C17H20FN3/c1-12-9-13(2)20-17(19-12)11-21-8-7-15(10-21)14-3-5-16(18)6-4-14/h3-6,9,15H,7-8,10-11H2,1-2H3. The first-order chi connectivity index (χ1) is 10.1. The number of hydrogen-bond donors (Lipinski definition) is 0. The Bertz CT molecular complexity index is 604. The van der Waals surface area contributed by atoms with Gasteiger partial charge in [0.25, 0.3) is 0 Å². The second-order valence-electron chi connectivity index (χ2n) is 5.84. The second kappa shape index (κ2) is 5.90. The summed E-state index contributed by atoms with van der Waals surface area (Å²) in [7, 11) is 0. The summed E-state index contributed by atoms with van der Waals surface area (Å²) in [6.45, 7) is 6.83. The molecular weight excluding hydrogens is 265 g/mol. The van der Waals surface area contributed by atoms with Gasteiger partial charge in [0.1, 0.15) is 11.6 Å². The molecule has 0 N–H and O–H groups in total. The van der Waals surface area contributed by atoms with Crippen LogP contribution in [0.2, 0.25) is 0 Å². The van der Waals surface area contributed by atoms with Gasteiger partial charge in [0.15, 0.2) is 0 Å². The Morgan fingerprint density at radius 2 is 1.81 bits per heavy atom. The van der Waals surface area contributed by atoms with Gasteiger partial charge in [-0.1, -0.05) is 12.1 Å². The van der Waals surface area contributed by atoms with Crippen LogP contribution < -0.4 is 0 Å². The van der Waals surface area contributed by atoms with Crippen LogP contribution in [0, 0.1) is 19.7 Å². The summed E-state index contributed by atoms with van der Waals surface area (Å²) in [6, 6.07) is 8.89. The molecule has 1 atom stereocenters. The van der Waals surface area contributed by atoms with Crippen molar-refractivity contribution in [1.82, 2.24) is 14.9 Å². The molecule has 0 radical (unpaired) electrons. The van der Waals surface area contributed by atoms with Gasteiger partial charge in [0.2, 0.25) is 0 Å². The largest absolute Gasteiger partial charge is 0.295 e. The molecular formula is C17H20FN3. The predicted molar refractivity (Wildman–Crippen MR) is 80.5 cm³/mol. The van der Waals surface area contributed by atoms with Crippen molar-refractivity contribution < 1.29 is 4.39 Å². The summed E-state index contributed by atoms with van der Waals surface area (Å²) in [5, 5.41) is 0. The molecule has 1 aliphatic heterocycles. The van der Waals surface area contributed by atoms with Gasteiger partial charge in [-0.05, 0) is 56.5 Å². The third-order valence-corrected chi connectivity index (χ3v) is 4.01. The van der Waals surface area contributed by atoms with E-state index in [9.17, 15) is 4.39 Å². The number of benzene rings is 1. The van der Waals surface area contributed by atoms with Crippen molar-refractivity contribution in [3.63, 3.8) is 0 Å². The van der Waals surface area contributed by atoms with Crippen molar-refractivity contribution in [2.24, 2.45) is 0 Å². The normalized spacial score (nSPS) is 19.1. The molecule has 0 saturated carbocycles. The lowest BCUT2D eigenvalue weighted by Gasteiger charge is -2.15. The predicted octanol–water partition coefficient (Wildman–Crippen LogP) is 3.22. The van der Waals surface area contributed by atoms with E-state index < -0.39 is 0 Å². The smallest absolute Gasteiger partial charge is 0.142 e. The SMILES string of the molecule is Cc1cc(C)nc(CN2CCC(c3ccc(F)cc3)C2)n1. The lowest BCUT2D eigenvalue weighted by molar-refractivity contribution is 0.317. The van der Waals surface area contributed by atoms with Gasteiger partial charge in [-0.3, -0.25) is 4.90 Å². The Morgan fingerprint density at radius 3 is 2.48 bits per heavy atom. The molecule has 3 rings (SSSR count). The van der Waals surface area contributed by atoms with Gasteiger partial charge in [-0.2, -0.15) is 0 Å². The summed E-state index contributed by atoms with van der Waals surface area (Å²) < 4.78 is 13.0. The van der Waals surface area contributed by atoms with Gasteiger partial charge in [-0.25, -0.2) is 14.4 Å². The van der Waals surface area contributed by atoms with E-state index in [1.54, 1.807) is 12.1 Å². The highest BCUT2D eigenvalue weighted by molar-refractivity contribution is 5.22. The number of likely N-dealkylation sites (tertiary alicyclic amines) is 1. The summed E-state index contributed by atoms with van der Waals surface area (Å²) >= 11 is 0. The fourth-order valence-electron chi connectivity index (χ4n) is 3.05. The Hall–Kier alpha value is -1.81. The average Bonchev–Trinajstić information content (AvgIpc) is 2.87. The Kier molecular flexibility index (Phi) is 3.97. The minimum Gasteiger partial charge on any atom is -0.295 e. The van der Waals surface area contributed by atoms with E-state index in [-0.39, 0.29) is 5.82 Å². The molecule has 1 saturated heterocycles. The number of nitrogens with zero attached hydrogens (tertiary/aromatic N) is 3. The zero-order valence-electron chi connectivity index (χ0n) is 12.5. The first-order valence-electron chi connectivity index (χ1n) is 7.39. The fraction of sp³-hybridized carbons (Fsp3) is 0.412. The van der Waals surface area contributed by atoms with E-state index in [1.165, 1.54) is 5.56 Å². The molecule has 3 nitrogen and oxygen atoms in total. The maximum absolute atomic E-state index is 13.0. The summed E-state index contributed by atoms with van der Waals surface area (Å²) in [5.74, 6) is 1.21. The molecule has 1 aromatic heterocycles. The minimum absolute atomic E-state index is 0.169. The van der Waals surface area contributed by atoms with Crippen LogP contribution in [0.4, 0.5) is 4.39 Å². The quantitative estimate of drug-likeness (QED) is 0.867. The van der Waals surface area contributed by atoms with Crippen LogP contribution in [-0.4, -0.2) is 28.0 Å². The van der Waals surface area contributed by atoms with Crippen molar-refractivity contribution in [2.45, 2.75) is 32.7 Å². The van der Waals surface area contributed by atoms with E-state index in [2.05, 4.69) is 14.9 Å². The minimum atomic E-state index is -0.169. The summed E-state index contributed by atoms with van der Waals surface area (Å²) in [4.78, 5) is 11.4. The van der Waals surface area contributed by atoms with Crippen molar-refractivity contribution in [3.8, 4) is 0 Å². The van der Waals surface area contributed by atoms with Crippen molar-refractivity contribution in [1.29, 1.82) is 0 Å². The number of halogens is 1. The highest BCUT2D eigenvalue weighted by Crippen LogP contribution is 2.27. The van der Waals surface area contributed by atoms with Gasteiger partial charge in [0.05, 0.1) is 6.54 Å². The highest BCUT2D eigenvalue weighted by Gasteiger charge is 2.24. The number of hydrogen-bond acceptors (Lipinski definition) is 3. The number of aryl methyl sites for hydroxylation is 2. The Labute approximate surface area is 124 Å². The van der Waals surface area contributed by atoms with E-state index in [4.69, 9.17) is 0 Å². The molecule has 2 aromatic rings. The van der Waals surface area contributed by atoms with Crippen LogP contribution in [0.15, 0.2) is 30.3 Å². The van der Waals surface area contributed by atoms with Gasteiger partial charge in [0, 0.05) is 17.9 Å². The molecule has 0 bridgehead atoms. The van der Waals surface area contributed by atoms with E-state index in [0.717, 1.165) is 43.3 Å². The number of aromatic nitrogens is 2. The molecule has 2 heterocycles. The molecule has 1 aromatic carbocycles. The van der Waals surface area contributed by atoms with Crippen LogP contribution in [0.25, 0.3) is 0 Å². The zero-order valence-corrected chi connectivity index (χ0v) is 12.5. The van der Waals surface area contributed by atoms with Crippen molar-refractivity contribution in [2.75, 3.05) is 13.1 Å². The molecule has 4 heteroatoms. The number of rotatable bonds is 3. The first-order valence-corrected chi connectivity index (χ1v) is 7.39. The Morgan fingerprint density at radius 1 is 1.14 bits per heavy atom. The average molecular weight is 285 g/mol. The van der Waals surface area contributed by atoms with E-state index in [0.29, 0.717) is 5.92 Å². The molecule has 0 amide bonds. The second-order valence-corrected chi connectivity index (χ2v) is 5.84. The van der Waals surface area contributed by atoms with Crippen LogP contribution in [-0.2, 0) is 6.54 Å². The van der Waals surface area contributed by atoms with E-state index >= 15 is 0 Å². The molecule has 1 unspecified atom stereocenters. The van der Waals surface area contributed by atoms with Crippen LogP contribution in [0.5, 0.6) is 0 Å². The van der Waals surface area contributed by atoms with Gasteiger partial charge in [-0.15, -0.1) is 0 Å². The fourth-order valence-corrected chi connectivity index (χ4v) is 3.05. The van der Waals surface area contributed by atoms with Crippen molar-refractivity contribution >= 4 is 0 Å². The third kappa shape index (κ3) is 3.45. The van der Waals surface area contributed by atoms with Crippen LogP contribution in [0.3, 0.4) is 0 Å². The van der Waals surface area contributed by atoms with E-state index in [1.807, 2.05) is 32.0 Å². The molecule has 0 spiro atoms. The molecule has 21 heavy (non-hydrogen) atoms. The summed E-state index contributed by atoms with van der Waals surface area (Å²) in [5.41, 5.74) is 3.26. The van der Waals surface area contributed by atoms with Gasteiger partial charge >= 0.3 is 0 Å². The van der Waals surface area contributed by atoms with Crippen LogP contribution >= 0.6 is 0 Å².